The monoisotopic (exact) mass is 391 g/mol. The molecule has 0 aromatic carbocycles. The van der Waals surface area contributed by atoms with Gasteiger partial charge in [0.15, 0.2) is 0 Å². The smallest absolute Gasteiger partial charge is 0.403 e. The van der Waals surface area contributed by atoms with Crippen molar-refractivity contribution in [2.24, 2.45) is 11.7 Å². The second kappa shape index (κ2) is 7.65. The number of aliphatic hydroxyl groups excluding tert-OH is 1. The van der Waals surface area contributed by atoms with Gasteiger partial charge in [-0.15, -0.1) is 0 Å². The van der Waals surface area contributed by atoms with Crippen molar-refractivity contribution in [2.45, 2.75) is 70.5 Å². The second-order valence-corrected chi connectivity index (χ2v) is 10.5. The maximum absolute atomic E-state index is 12.3. The summed E-state index contributed by atoms with van der Waals surface area (Å²) in [7, 11) is -3.84. The summed E-state index contributed by atoms with van der Waals surface area (Å²) in [5.41, 5.74) is 5.12. The number of nitrogens with two attached hydrogens (primary N) is 1. The highest BCUT2D eigenvalue weighted by Crippen LogP contribution is 2.39. The highest BCUT2D eigenvalue weighted by atomic mass is 32.2. The normalized spacial score (nSPS) is 31.7. The lowest BCUT2D eigenvalue weighted by Crippen LogP contribution is -2.46. The number of nitrogens with one attached hydrogen (secondary N) is 1. The molecule has 0 aliphatic carbocycles. The van der Waals surface area contributed by atoms with Crippen LogP contribution in [0.15, 0.2) is 0 Å². The highest BCUT2D eigenvalue weighted by Gasteiger charge is 2.51. The van der Waals surface area contributed by atoms with Crippen LogP contribution in [0.25, 0.3) is 0 Å². The molecule has 0 radical (unpaired) electrons. The van der Waals surface area contributed by atoms with E-state index in [4.69, 9.17) is 20.1 Å². The molecule has 2 rings (SSSR count). The molecule has 8 nitrogen and oxygen atoms in total. The Labute approximate surface area is 158 Å². The Morgan fingerprint density at radius 1 is 1.23 bits per heavy atom. The van der Waals surface area contributed by atoms with Crippen molar-refractivity contribution in [3.05, 3.63) is 0 Å². The lowest BCUT2D eigenvalue weighted by atomic mass is 9.78. The molecule has 0 amide bonds. The SMILES string of the molecule is CC1(C)OB(CCC[C@H]2CN(S(=O)(=O)NCCO)C[C@]2(C)N)OC1(C)C. The molecule has 2 aliphatic rings. The zero-order chi connectivity index (χ0) is 19.8. The molecule has 10 heteroatoms. The Kier molecular flexibility index (Phi) is 6.50. The van der Waals surface area contributed by atoms with E-state index >= 15 is 0 Å². The van der Waals surface area contributed by atoms with Gasteiger partial charge in [-0.3, -0.25) is 0 Å². The first-order chi connectivity index (χ1) is 11.8. The predicted molar refractivity (Wildman–Crippen MR) is 102 cm³/mol. The minimum Gasteiger partial charge on any atom is -0.403 e. The number of hydrogen-bond acceptors (Lipinski definition) is 6. The molecule has 2 aliphatic heterocycles. The molecule has 152 valence electrons. The third kappa shape index (κ3) is 4.78. The first-order valence-electron chi connectivity index (χ1n) is 9.31. The lowest BCUT2D eigenvalue weighted by molar-refractivity contribution is 0.00578. The molecule has 2 atom stereocenters. The van der Waals surface area contributed by atoms with Gasteiger partial charge in [-0.25, -0.2) is 0 Å². The van der Waals surface area contributed by atoms with Gasteiger partial charge in [-0.2, -0.15) is 17.4 Å². The van der Waals surface area contributed by atoms with Crippen molar-refractivity contribution in [3.8, 4) is 0 Å². The van der Waals surface area contributed by atoms with Crippen molar-refractivity contribution in [1.29, 1.82) is 0 Å². The molecule has 0 spiro atoms. The van der Waals surface area contributed by atoms with Gasteiger partial charge < -0.3 is 20.1 Å². The van der Waals surface area contributed by atoms with E-state index in [1.807, 2.05) is 34.6 Å². The summed E-state index contributed by atoms with van der Waals surface area (Å²) in [6.45, 7) is 10.5. The summed E-state index contributed by atoms with van der Waals surface area (Å²) < 4.78 is 40.3. The molecule has 2 heterocycles. The zero-order valence-electron chi connectivity index (χ0n) is 16.6. The fourth-order valence-electron chi connectivity index (χ4n) is 3.51. The maximum Gasteiger partial charge on any atom is 0.457 e. The molecular formula is C16H34BN3O5S. The van der Waals surface area contributed by atoms with E-state index in [0.717, 1.165) is 19.2 Å². The van der Waals surface area contributed by atoms with Crippen LogP contribution in [0.2, 0.25) is 6.32 Å². The summed E-state index contributed by atoms with van der Waals surface area (Å²) in [4.78, 5) is 0. The molecular weight excluding hydrogens is 357 g/mol. The molecule has 0 bridgehead atoms. The predicted octanol–water partition coefficient (Wildman–Crippen LogP) is 0.335. The first kappa shape index (κ1) is 22.1. The number of nitrogens with zero attached hydrogens (tertiary/aromatic N) is 1. The van der Waals surface area contributed by atoms with Gasteiger partial charge in [-0.05, 0) is 53.3 Å². The summed E-state index contributed by atoms with van der Waals surface area (Å²) in [6, 6.07) is 0. The standard InChI is InChI=1S/C16H34BN3O5S/c1-14(2)15(3,4)25-17(24-14)8-6-7-13-11-20(12-16(13,5)18)26(22,23)19-9-10-21/h13,19,21H,6-12,18H2,1-5H3/t13-,16-/m0/s1. The van der Waals surface area contributed by atoms with Crippen LogP contribution in [0.3, 0.4) is 0 Å². The fraction of sp³-hybridized carbons (Fsp3) is 1.00. The van der Waals surface area contributed by atoms with Crippen LogP contribution in [-0.4, -0.2) is 67.9 Å². The van der Waals surface area contributed by atoms with Crippen LogP contribution in [0.4, 0.5) is 0 Å². The number of hydrogen-bond donors (Lipinski definition) is 3. The van der Waals surface area contributed by atoms with E-state index in [0.29, 0.717) is 6.54 Å². The molecule has 2 fully saturated rings. The molecule has 0 unspecified atom stereocenters. The zero-order valence-corrected chi connectivity index (χ0v) is 17.4. The highest BCUT2D eigenvalue weighted by molar-refractivity contribution is 7.87. The van der Waals surface area contributed by atoms with E-state index in [2.05, 4.69) is 4.72 Å². The third-order valence-electron chi connectivity index (χ3n) is 5.90. The fourth-order valence-corrected chi connectivity index (χ4v) is 4.87. The van der Waals surface area contributed by atoms with E-state index in [1.54, 1.807) is 0 Å². The summed E-state index contributed by atoms with van der Waals surface area (Å²) in [6.07, 6.45) is 2.42. The van der Waals surface area contributed by atoms with Crippen molar-refractivity contribution >= 4 is 17.3 Å². The summed E-state index contributed by atoms with van der Waals surface area (Å²) in [5.74, 6) is 0.0654. The lowest BCUT2D eigenvalue weighted by Gasteiger charge is -2.32. The number of rotatable bonds is 8. The van der Waals surface area contributed by atoms with Gasteiger partial charge in [0.2, 0.25) is 0 Å². The average molecular weight is 391 g/mol. The largest absolute Gasteiger partial charge is 0.457 e. The first-order valence-corrected chi connectivity index (χ1v) is 10.7. The van der Waals surface area contributed by atoms with Crippen LogP contribution in [0, 0.1) is 5.92 Å². The molecule has 0 aromatic rings. The molecule has 0 aromatic heterocycles. The Morgan fingerprint density at radius 3 is 2.35 bits per heavy atom. The molecule has 0 saturated carbocycles. The van der Waals surface area contributed by atoms with E-state index in [1.165, 1.54) is 4.31 Å². The van der Waals surface area contributed by atoms with Gasteiger partial charge in [0, 0.05) is 25.2 Å². The van der Waals surface area contributed by atoms with E-state index in [9.17, 15) is 8.42 Å². The Balaban J connectivity index is 1.86. The average Bonchev–Trinajstić information content (AvgIpc) is 2.90. The second-order valence-electron chi connectivity index (χ2n) is 8.74. The molecule has 26 heavy (non-hydrogen) atoms. The van der Waals surface area contributed by atoms with Crippen molar-refractivity contribution in [2.75, 3.05) is 26.2 Å². The minimum absolute atomic E-state index is 0.00666. The van der Waals surface area contributed by atoms with Gasteiger partial charge in [0.1, 0.15) is 0 Å². The van der Waals surface area contributed by atoms with Crippen LogP contribution >= 0.6 is 0 Å². The Hall–Kier alpha value is -0.225. The molecule has 2 saturated heterocycles. The van der Waals surface area contributed by atoms with Gasteiger partial charge in [-0.1, -0.05) is 6.42 Å². The Morgan fingerprint density at radius 2 is 1.81 bits per heavy atom. The van der Waals surface area contributed by atoms with Crippen LogP contribution in [-0.2, 0) is 19.5 Å². The van der Waals surface area contributed by atoms with Gasteiger partial charge >= 0.3 is 7.12 Å². The molecule has 4 N–H and O–H groups in total. The van der Waals surface area contributed by atoms with Crippen molar-refractivity contribution in [3.63, 3.8) is 0 Å². The van der Waals surface area contributed by atoms with Gasteiger partial charge in [0.25, 0.3) is 10.2 Å². The summed E-state index contributed by atoms with van der Waals surface area (Å²) in [5, 5.41) is 8.83. The number of aliphatic hydroxyl groups is 1. The third-order valence-corrected chi connectivity index (χ3v) is 7.43. The quantitative estimate of drug-likeness (QED) is 0.514. The van der Waals surface area contributed by atoms with Gasteiger partial charge in [0.05, 0.1) is 17.8 Å². The Bertz CT molecular complexity index is 581. The topological polar surface area (TPSA) is 114 Å². The van der Waals surface area contributed by atoms with Crippen LogP contribution in [0.5, 0.6) is 0 Å². The van der Waals surface area contributed by atoms with E-state index < -0.39 is 15.7 Å². The minimum atomic E-state index is -3.60. The van der Waals surface area contributed by atoms with Crippen molar-refractivity contribution in [1.82, 2.24) is 9.03 Å². The maximum atomic E-state index is 12.3. The van der Waals surface area contributed by atoms with E-state index in [-0.39, 0.29) is 43.9 Å². The summed E-state index contributed by atoms with van der Waals surface area (Å²) >= 11 is 0. The van der Waals surface area contributed by atoms with Crippen LogP contribution < -0.4 is 10.5 Å². The van der Waals surface area contributed by atoms with Crippen LogP contribution in [0.1, 0.15) is 47.5 Å². The van der Waals surface area contributed by atoms with Crippen molar-refractivity contribution < 1.29 is 22.8 Å².